The van der Waals surface area contributed by atoms with E-state index in [0.29, 0.717) is 0 Å². The summed E-state index contributed by atoms with van der Waals surface area (Å²) in [6.07, 6.45) is 1.06. The Labute approximate surface area is 197 Å². The molecule has 1 saturated heterocycles. The molecule has 4 rings (SSSR count). The zero-order valence-corrected chi connectivity index (χ0v) is 20.0. The number of nitrogens with one attached hydrogen (secondary N) is 1. The number of aromatic hydroxyl groups is 1. The monoisotopic (exact) mass is 445 g/mol. The largest absolute Gasteiger partial charge is 0.508 e. The van der Waals surface area contributed by atoms with E-state index in [1.165, 1.54) is 11.1 Å². The number of hydrogen-bond donors (Lipinski definition) is 2. The summed E-state index contributed by atoms with van der Waals surface area (Å²) in [6, 6.07) is 20.3. The Morgan fingerprint density at radius 3 is 2.24 bits per heavy atom. The first-order chi connectivity index (χ1) is 15.9. The van der Waals surface area contributed by atoms with Crippen LogP contribution in [0.2, 0.25) is 0 Å². The quantitative estimate of drug-likeness (QED) is 0.467. The molecule has 1 aliphatic heterocycles. The molecule has 0 bridgehead atoms. The molecule has 1 aliphatic rings. The third kappa shape index (κ3) is 6.34. The third-order valence-electron chi connectivity index (χ3n) is 6.13. The van der Waals surface area contributed by atoms with Crippen LogP contribution in [-0.2, 0) is 10.2 Å². The second-order valence-electron chi connectivity index (χ2n) is 9.73. The highest BCUT2D eigenvalue weighted by molar-refractivity contribution is 5.74. The fraction of sp³-hybridized carbons (Fsp3) is 0.393. The molecular weight excluding hydrogens is 410 g/mol. The van der Waals surface area contributed by atoms with Crippen molar-refractivity contribution in [2.24, 2.45) is 0 Å². The predicted molar refractivity (Wildman–Crippen MR) is 136 cm³/mol. The Kier molecular flexibility index (Phi) is 7.31. The van der Waals surface area contributed by atoms with E-state index in [0.717, 1.165) is 68.5 Å². The number of aromatic nitrogens is 1. The van der Waals surface area contributed by atoms with Gasteiger partial charge in [-0.15, -0.1) is 0 Å². The van der Waals surface area contributed by atoms with Crippen LogP contribution in [0, 0.1) is 0 Å². The van der Waals surface area contributed by atoms with Gasteiger partial charge >= 0.3 is 0 Å². The maximum Gasteiger partial charge on any atom is 0.127 e. The Hall–Kier alpha value is -2.89. The number of anilines is 1. The van der Waals surface area contributed by atoms with Crippen LogP contribution in [0.25, 0.3) is 22.4 Å². The molecule has 0 aliphatic carbocycles. The molecule has 0 spiro atoms. The summed E-state index contributed by atoms with van der Waals surface area (Å²) in [5, 5.41) is 13.2. The molecule has 0 unspecified atom stereocenters. The van der Waals surface area contributed by atoms with Crippen LogP contribution in [0.1, 0.15) is 32.8 Å². The van der Waals surface area contributed by atoms with Gasteiger partial charge in [0.2, 0.25) is 0 Å². The lowest BCUT2D eigenvalue weighted by atomic mass is 9.86. The average Bonchev–Trinajstić information content (AvgIpc) is 2.82. The standard InChI is InChI=1S/C28H35N3O2/c1-28(2,3)24-9-5-21(6-10-24)23-19-26(22-7-11-25(32)12-8-22)30-27(20-23)29-13-4-14-31-15-17-33-18-16-31/h5-12,19-20,32H,4,13-18H2,1-3H3,(H,29,30). The molecule has 0 atom stereocenters. The number of ether oxygens (including phenoxy) is 1. The minimum Gasteiger partial charge on any atom is -0.508 e. The molecule has 174 valence electrons. The first kappa shape index (κ1) is 23.3. The number of phenolic OH excluding ortho intramolecular Hbond substituents is 1. The Morgan fingerprint density at radius 1 is 0.909 bits per heavy atom. The summed E-state index contributed by atoms with van der Waals surface area (Å²) in [5.41, 5.74) is 5.62. The summed E-state index contributed by atoms with van der Waals surface area (Å²) in [5.74, 6) is 1.13. The molecule has 0 radical (unpaired) electrons. The van der Waals surface area contributed by atoms with Crippen LogP contribution < -0.4 is 5.32 Å². The molecule has 5 nitrogen and oxygen atoms in total. The summed E-state index contributed by atoms with van der Waals surface area (Å²) < 4.78 is 5.44. The highest BCUT2D eigenvalue weighted by Crippen LogP contribution is 2.30. The van der Waals surface area contributed by atoms with E-state index in [9.17, 15) is 5.11 Å². The van der Waals surface area contributed by atoms with Crippen molar-refractivity contribution in [1.82, 2.24) is 9.88 Å². The summed E-state index contributed by atoms with van der Waals surface area (Å²) in [7, 11) is 0. The number of hydrogen-bond acceptors (Lipinski definition) is 5. The Morgan fingerprint density at radius 2 is 1.58 bits per heavy atom. The maximum atomic E-state index is 9.69. The van der Waals surface area contributed by atoms with Gasteiger partial charge in [-0.05, 0) is 71.5 Å². The first-order valence-corrected chi connectivity index (χ1v) is 11.8. The fourth-order valence-electron chi connectivity index (χ4n) is 4.07. The highest BCUT2D eigenvalue weighted by Gasteiger charge is 2.14. The summed E-state index contributed by atoms with van der Waals surface area (Å²) >= 11 is 0. The van der Waals surface area contributed by atoms with Gasteiger partial charge in [0, 0.05) is 25.2 Å². The lowest BCUT2D eigenvalue weighted by Crippen LogP contribution is -2.37. The van der Waals surface area contributed by atoms with E-state index in [1.54, 1.807) is 12.1 Å². The second-order valence-corrected chi connectivity index (χ2v) is 9.73. The van der Waals surface area contributed by atoms with Crippen molar-refractivity contribution in [3.05, 3.63) is 66.2 Å². The molecule has 2 heterocycles. The molecule has 2 aromatic carbocycles. The van der Waals surface area contributed by atoms with Crippen molar-refractivity contribution < 1.29 is 9.84 Å². The van der Waals surface area contributed by atoms with Gasteiger partial charge in [0.1, 0.15) is 11.6 Å². The first-order valence-electron chi connectivity index (χ1n) is 11.8. The van der Waals surface area contributed by atoms with Gasteiger partial charge in [-0.25, -0.2) is 4.98 Å². The van der Waals surface area contributed by atoms with Gasteiger partial charge in [0.05, 0.1) is 18.9 Å². The van der Waals surface area contributed by atoms with Gasteiger partial charge in [0.15, 0.2) is 0 Å². The van der Waals surface area contributed by atoms with E-state index in [1.807, 2.05) is 12.1 Å². The van der Waals surface area contributed by atoms with Crippen molar-refractivity contribution >= 4 is 5.82 Å². The topological polar surface area (TPSA) is 57.6 Å². The minimum atomic E-state index is 0.126. The SMILES string of the molecule is CC(C)(C)c1ccc(-c2cc(NCCCN3CCOCC3)nc(-c3ccc(O)cc3)c2)cc1. The van der Waals surface area contributed by atoms with Gasteiger partial charge in [0.25, 0.3) is 0 Å². The lowest BCUT2D eigenvalue weighted by Gasteiger charge is -2.26. The van der Waals surface area contributed by atoms with Gasteiger partial charge in [-0.2, -0.15) is 0 Å². The van der Waals surface area contributed by atoms with Crippen molar-refractivity contribution in [3.63, 3.8) is 0 Å². The Bertz CT molecular complexity index is 1030. The van der Waals surface area contributed by atoms with Crippen LogP contribution in [0.4, 0.5) is 5.82 Å². The van der Waals surface area contributed by atoms with Crippen LogP contribution in [-0.4, -0.2) is 54.4 Å². The smallest absolute Gasteiger partial charge is 0.127 e. The number of rotatable bonds is 7. The van der Waals surface area contributed by atoms with Crippen LogP contribution >= 0.6 is 0 Å². The lowest BCUT2D eigenvalue weighted by molar-refractivity contribution is 0.0378. The fourth-order valence-corrected chi connectivity index (χ4v) is 4.07. The average molecular weight is 446 g/mol. The molecule has 2 N–H and O–H groups in total. The number of benzene rings is 2. The van der Waals surface area contributed by atoms with Crippen LogP contribution in [0.3, 0.4) is 0 Å². The molecule has 3 aromatic rings. The summed E-state index contributed by atoms with van der Waals surface area (Å²) in [6.45, 7) is 12.3. The maximum absolute atomic E-state index is 9.69. The zero-order valence-electron chi connectivity index (χ0n) is 20.0. The zero-order chi connectivity index (χ0) is 23.3. The van der Waals surface area contributed by atoms with Crippen molar-refractivity contribution in [1.29, 1.82) is 0 Å². The second kappa shape index (κ2) is 10.4. The summed E-state index contributed by atoms with van der Waals surface area (Å²) in [4.78, 5) is 7.33. The highest BCUT2D eigenvalue weighted by atomic mass is 16.5. The number of nitrogens with zero attached hydrogens (tertiary/aromatic N) is 2. The normalized spacial score (nSPS) is 14.9. The van der Waals surface area contributed by atoms with E-state index in [2.05, 4.69) is 67.4 Å². The molecular formula is C28H35N3O2. The molecule has 0 amide bonds. The molecule has 0 saturated carbocycles. The Balaban J connectivity index is 1.54. The van der Waals surface area contributed by atoms with Crippen molar-refractivity contribution in [2.45, 2.75) is 32.6 Å². The molecule has 33 heavy (non-hydrogen) atoms. The van der Waals surface area contributed by atoms with Gasteiger partial charge in [-0.3, -0.25) is 4.90 Å². The van der Waals surface area contributed by atoms with E-state index < -0.39 is 0 Å². The molecule has 1 aromatic heterocycles. The van der Waals surface area contributed by atoms with E-state index in [4.69, 9.17) is 9.72 Å². The predicted octanol–water partition coefficient (Wildman–Crippen LogP) is 5.55. The number of morpholine rings is 1. The molecule has 5 heteroatoms. The van der Waals surface area contributed by atoms with Crippen LogP contribution in [0.5, 0.6) is 5.75 Å². The van der Waals surface area contributed by atoms with Gasteiger partial charge in [-0.1, -0.05) is 45.0 Å². The van der Waals surface area contributed by atoms with Crippen LogP contribution in [0.15, 0.2) is 60.7 Å². The van der Waals surface area contributed by atoms with Gasteiger partial charge < -0.3 is 15.2 Å². The van der Waals surface area contributed by atoms with E-state index >= 15 is 0 Å². The molecule has 1 fully saturated rings. The van der Waals surface area contributed by atoms with Crippen molar-refractivity contribution in [3.8, 4) is 28.1 Å². The third-order valence-corrected chi connectivity index (χ3v) is 6.13. The van der Waals surface area contributed by atoms with E-state index in [-0.39, 0.29) is 11.2 Å². The minimum absolute atomic E-state index is 0.126. The number of pyridine rings is 1. The van der Waals surface area contributed by atoms with Crippen molar-refractivity contribution in [2.75, 3.05) is 44.7 Å². The number of phenols is 1.